The fourth-order valence-corrected chi connectivity index (χ4v) is 1.12. The van der Waals surface area contributed by atoms with Gasteiger partial charge >= 0.3 is 12.1 Å². The number of rotatable bonds is 2. The first-order valence-electron chi connectivity index (χ1n) is 4.37. The molecular formula is C11H9F3O2. The van der Waals surface area contributed by atoms with Crippen LogP contribution in [0.3, 0.4) is 0 Å². The molecule has 0 radical (unpaired) electrons. The zero-order valence-corrected chi connectivity index (χ0v) is 8.41. The van der Waals surface area contributed by atoms with Crippen LogP contribution in [0.5, 0.6) is 0 Å². The highest BCUT2D eigenvalue weighted by molar-refractivity contribution is 5.92. The smallest absolute Gasteiger partial charge is 0.417 e. The molecule has 0 amide bonds. The van der Waals surface area contributed by atoms with Crippen LogP contribution in [0, 0.1) is 0 Å². The van der Waals surface area contributed by atoms with E-state index in [0.717, 1.165) is 7.11 Å². The molecule has 1 rings (SSSR count). The van der Waals surface area contributed by atoms with Gasteiger partial charge in [-0.05, 0) is 5.56 Å². The zero-order valence-electron chi connectivity index (χ0n) is 8.41. The molecule has 0 bridgehead atoms. The molecule has 0 spiro atoms. The van der Waals surface area contributed by atoms with Crippen molar-refractivity contribution in [3.8, 4) is 0 Å². The number of alkyl halides is 3. The molecule has 0 N–H and O–H groups in total. The summed E-state index contributed by atoms with van der Waals surface area (Å²) in [5.74, 6) is -1.03. The predicted octanol–water partition coefficient (Wildman–Crippen LogP) is 2.81. The van der Waals surface area contributed by atoms with Crippen molar-refractivity contribution in [3.63, 3.8) is 0 Å². The third-order valence-electron chi connectivity index (χ3n) is 1.85. The molecule has 0 aliphatic carbocycles. The number of allylic oxidation sites excluding steroid dienone is 1. The fraction of sp³-hybridized carbons (Fsp3) is 0.182. The van der Waals surface area contributed by atoms with Crippen molar-refractivity contribution in [2.45, 2.75) is 6.18 Å². The van der Waals surface area contributed by atoms with Gasteiger partial charge in [-0.25, -0.2) is 4.79 Å². The van der Waals surface area contributed by atoms with Crippen molar-refractivity contribution in [1.82, 2.24) is 0 Å². The molecule has 0 unspecified atom stereocenters. The topological polar surface area (TPSA) is 26.3 Å². The lowest BCUT2D eigenvalue weighted by Gasteiger charge is -2.11. The van der Waals surface area contributed by atoms with Crippen molar-refractivity contribution in [3.05, 3.63) is 42.0 Å². The molecule has 0 aliphatic rings. The number of hydrogen-bond donors (Lipinski definition) is 0. The first kappa shape index (κ1) is 12.3. The molecule has 0 saturated heterocycles. The number of methoxy groups -OCH3 is 1. The standard InChI is InChI=1S/C11H9F3O2/c1-16-10(15)7-9(11(12,13)14)8-5-3-2-4-6-8/h2-7H,1H3/b9-7+. The Morgan fingerprint density at radius 3 is 2.25 bits per heavy atom. The number of ether oxygens (including phenoxy) is 1. The molecule has 0 fully saturated rings. The van der Waals surface area contributed by atoms with Gasteiger partial charge in [0.1, 0.15) is 0 Å². The largest absolute Gasteiger partial charge is 0.466 e. The summed E-state index contributed by atoms with van der Waals surface area (Å²) in [7, 11) is 1.03. The number of carbonyl (C=O) groups excluding carboxylic acids is 1. The Hall–Kier alpha value is -1.78. The van der Waals surface area contributed by atoms with E-state index in [9.17, 15) is 18.0 Å². The Balaban J connectivity index is 3.18. The summed E-state index contributed by atoms with van der Waals surface area (Å²) in [6, 6.07) is 7.08. The highest BCUT2D eigenvalue weighted by Crippen LogP contribution is 2.33. The van der Waals surface area contributed by atoms with Gasteiger partial charge in [0.15, 0.2) is 0 Å². The first-order chi connectivity index (χ1) is 7.45. The first-order valence-corrected chi connectivity index (χ1v) is 4.37. The molecule has 2 nitrogen and oxygen atoms in total. The summed E-state index contributed by atoms with van der Waals surface area (Å²) in [5.41, 5.74) is -1.08. The van der Waals surface area contributed by atoms with Gasteiger partial charge in [0.2, 0.25) is 0 Å². The minimum Gasteiger partial charge on any atom is -0.466 e. The summed E-state index contributed by atoms with van der Waals surface area (Å²) in [5, 5.41) is 0. The average molecular weight is 230 g/mol. The number of carbonyl (C=O) groups is 1. The van der Waals surface area contributed by atoms with E-state index in [1.54, 1.807) is 6.07 Å². The molecule has 0 atom stereocenters. The molecule has 16 heavy (non-hydrogen) atoms. The van der Waals surface area contributed by atoms with E-state index in [1.807, 2.05) is 0 Å². The van der Waals surface area contributed by atoms with Crippen LogP contribution in [-0.2, 0) is 9.53 Å². The Morgan fingerprint density at radius 1 is 1.25 bits per heavy atom. The maximum atomic E-state index is 12.6. The lowest BCUT2D eigenvalue weighted by molar-refractivity contribution is -0.135. The maximum absolute atomic E-state index is 12.6. The number of halogens is 3. The van der Waals surface area contributed by atoms with Gasteiger partial charge in [-0.1, -0.05) is 30.3 Å². The summed E-state index contributed by atoms with van der Waals surface area (Å²) in [6.45, 7) is 0. The number of hydrogen-bond acceptors (Lipinski definition) is 2. The van der Waals surface area contributed by atoms with Crippen molar-refractivity contribution in [2.24, 2.45) is 0 Å². The van der Waals surface area contributed by atoms with Gasteiger partial charge in [-0.2, -0.15) is 13.2 Å². The zero-order chi connectivity index (χ0) is 12.2. The molecule has 0 aromatic heterocycles. The SMILES string of the molecule is COC(=O)/C=C(\c1ccccc1)C(F)(F)F. The molecule has 0 saturated carbocycles. The quantitative estimate of drug-likeness (QED) is 0.576. The van der Waals surface area contributed by atoms with Gasteiger partial charge < -0.3 is 4.74 Å². The van der Waals surface area contributed by atoms with Crippen molar-refractivity contribution < 1.29 is 22.7 Å². The van der Waals surface area contributed by atoms with Gasteiger partial charge in [-0.15, -0.1) is 0 Å². The van der Waals surface area contributed by atoms with Gasteiger partial charge in [0.05, 0.1) is 12.7 Å². The molecule has 0 aliphatic heterocycles. The summed E-state index contributed by atoms with van der Waals surface area (Å²) < 4.78 is 42.1. The number of esters is 1. The second-order valence-electron chi connectivity index (χ2n) is 2.94. The Bertz CT molecular complexity index is 393. The summed E-state index contributed by atoms with van der Waals surface area (Å²) in [6.07, 6.45) is -4.15. The van der Waals surface area contributed by atoms with Crippen LogP contribution >= 0.6 is 0 Å². The predicted molar refractivity (Wildman–Crippen MR) is 52.5 cm³/mol. The third-order valence-corrected chi connectivity index (χ3v) is 1.85. The van der Waals surface area contributed by atoms with Crippen molar-refractivity contribution in [2.75, 3.05) is 7.11 Å². The van der Waals surface area contributed by atoms with Crippen LogP contribution in [0.15, 0.2) is 36.4 Å². The van der Waals surface area contributed by atoms with E-state index in [1.165, 1.54) is 24.3 Å². The van der Waals surface area contributed by atoms with Crippen LogP contribution in [-0.4, -0.2) is 19.3 Å². The van der Waals surface area contributed by atoms with E-state index in [4.69, 9.17) is 0 Å². The van der Waals surface area contributed by atoms with Crippen molar-refractivity contribution in [1.29, 1.82) is 0 Å². The lowest BCUT2D eigenvalue weighted by atomic mass is 10.1. The summed E-state index contributed by atoms with van der Waals surface area (Å²) in [4.78, 5) is 10.8. The highest BCUT2D eigenvalue weighted by atomic mass is 19.4. The van der Waals surface area contributed by atoms with E-state index in [2.05, 4.69) is 4.74 Å². The average Bonchev–Trinajstić information content (AvgIpc) is 2.25. The second-order valence-corrected chi connectivity index (χ2v) is 2.94. The number of benzene rings is 1. The third kappa shape index (κ3) is 3.12. The Labute approximate surface area is 90.3 Å². The molecule has 86 valence electrons. The minimum absolute atomic E-state index is 0.0691. The highest BCUT2D eigenvalue weighted by Gasteiger charge is 2.35. The van der Waals surface area contributed by atoms with Gasteiger partial charge in [-0.3, -0.25) is 0 Å². The maximum Gasteiger partial charge on any atom is 0.417 e. The Morgan fingerprint density at radius 2 is 1.81 bits per heavy atom. The van der Waals surface area contributed by atoms with E-state index in [0.29, 0.717) is 6.08 Å². The second kappa shape index (κ2) is 4.83. The molecular weight excluding hydrogens is 221 g/mol. The van der Waals surface area contributed by atoms with Crippen molar-refractivity contribution >= 4 is 11.5 Å². The van der Waals surface area contributed by atoms with Crippen LogP contribution in [0.4, 0.5) is 13.2 Å². The van der Waals surface area contributed by atoms with Gasteiger partial charge in [0, 0.05) is 6.08 Å². The minimum atomic E-state index is -4.59. The fourth-order valence-electron chi connectivity index (χ4n) is 1.12. The van der Waals surface area contributed by atoms with Crippen LogP contribution < -0.4 is 0 Å². The summed E-state index contributed by atoms with van der Waals surface area (Å²) >= 11 is 0. The monoisotopic (exact) mass is 230 g/mol. The molecule has 1 aromatic carbocycles. The van der Waals surface area contributed by atoms with E-state index >= 15 is 0 Å². The van der Waals surface area contributed by atoms with Gasteiger partial charge in [0.25, 0.3) is 0 Å². The van der Waals surface area contributed by atoms with Crippen LogP contribution in [0.25, 0.3) is 5.57 Å². The molecule has 5 heteroatoms. The van der Waals surface area contributed by atoms with E-state index < -0.39 is 17.7 Å². The van der Waals surface area contributed by atoms with Crippen LogP contribution in [0.1, 0.15) is 5.56 Å². The lowest BCUT2D eigenvalue weighted by Crippen LogP contribution is -2.13. The molecule has 0 heterocycles. The Kier molecular flexibility index (Phi) is 3.71. The van der Waals surface area contributed by atoms with E-state index in [-0.39, 0.29) is 5.56 Å². The molecule has 1 aromatic rings. The normalized spacial score (nSPS) is 12.4. The van der Waals surface area contributed by atoms with Crippen LogP contribution in [0.2, 0.25) is 0 Å².